The number of aryl methyl sites for hydroxylation is 1. The van der Waals surface area contributed by atoms with Crippen LogP contribution in [0, 0.1) is 12.8 Å². The smallest absolute Gasteiger partial charge is 0.231 e. The number of para-hydroxylation sites is 1. The van der Waals surface area contributed by atoms with Crippen LogP contribution in [-0.2, 0) is 11.2 Å². The molecule has 2 aromatic carbocycles. The van der Waals surface area contributed by atoms with Crippen LogP contribution in [0.5, 0.6) is 11.5 Å². The van der Waals surface area contributed by atoms with E-state index in [1.165, 1.54) is 0 Å². The first-order valence-corrected chi connectivity index (χ1v) is 6.94. The zero-order valence-electron chi connectivity index (χ0n) is 11.8. The van der Waals surface area contributed by atoms with Crippen molar-refractivity contribution in [3.05, 3.63) is 53.6 Å². The quantitative estimate of drug-likeness (QED) is 0.833. The lowest BCUT2D eigenvalue weighted by Crippen LogP contribution is -2.32. The Morgan fingerprint density at radius 2 is 2.10 bits per heavy atom. The summed E-state index contributed by atoms with van der Waals surface area (Å²) >= 11 is 0. The van der Waals surface area contributed by atoms with Gasteiger partial charge in [0.15, 0.2) is 0 Å². The van der Waals surface area contributed by atoms with Gasteiger partial charge >= 0.3 is 0 Å². The van der Waals surface area contributed by atoms with Crippen molar-refractivity contribution in [2.45, 2.75) is 13.3 Å². The van der Waals surface area contributed by atoms with E-state index < -0.39 is 0 Å². The predicted molar refractivity (Wildman–Crippen MR) is 80.6 cm³/mol. The number of carbonyl (C=O) groups is 1. The van der Waals surface area contributed by atoms with Gasteiger partial charge in [-0.15, -0.1) is 0 Å². The number of hydrogen-bond donors (Lipinski definition) is 2. The lowest BCUT2D eigenvalue weighted by atomic mass is 9.96. The van der Waals surface area contributed by atoms with Gasteiger partial charge in [0.1, 0.15) is 18.1 Å². The van der Waals surface area contributed by atoms with E-state index in [2.05, 4.69) is 5.32 Å². The monoisotopic (exact) mass is 283 g/mol. The molecule has 4 heteroatoms. The van der Waals surface area contributed by atoms with Gasteiger partial charge < -0.3 is 15.2 Å². The van der Waals surface area contributed by atoms with E-state index in [0.29, 0.717) is 13.0 Å². The molecule has 4 nitrogen and oxygen atoms in total. The average Bonchev–Trinajstić information content (AvgIpc) is 2.49. The second-order valence-corrected chi connectivity index (χ2v) is 5.31. The minimum atomic E-state index is -0.201. The van der Waals surface area contributed by atoms with Gasteiger partial charge in [-0.3, -0.25) is 4.79 Å². The molecule has 0 spiro atoms. The van der Waals surface area contributed by atoms with Crippen LogP contribution < -0.4 is 10.1 Å². The number of carbonyl (C=O) groups excluding carboxylic acids is 1. The highest BCUT2D eigenvalue weighted by atomic mass is 16.5. The molecule has 1 aliphatic rings. The number of phenolic OH excluding ortho intramolecular Hbond substituents is 1. The van der Waals surface area contributed by atoms with Crippen LogP contribution in [0.2, 0.25) is 0 Å². The summed E-state index contributed by atoms with van der Waals surface area (Å²) < 4.78 is 5.64. The number of nitrogens with one attached hydrogen (secondary N) is 1. The SMILES string of the molecule is Cc1cc(O)ccc1NC(=O)C1COc2ccccc2C1. The van der Waals surface area contributed by atoms with Crippen LogP contribution in [0.25, 0.3) is 0 Å². The molecule has 3 rings (SSSR count). The van der Waals surface area contributed by atoms with Crippen molar-refractivity contribution in [1.82, 2.24) is 0 Å². The topological polar surface area (TPSA) is 58.6 Å². The molecule has 0 fully saturated rings. The molecular weight excluding hydrogens is 266 g/mol. The zero-order chi connectivity index (χ0) is 14.8. The van der Waals surface area contributed by atoms with Crippen molar-refractivity contribution < 1.29 is 14.6 Å². The minimum absolute atomic E-state index is 0.0571. The van der Waals surface area contributed by atoms with Crippen LogP contribution in [0.15, 0.2) is 42.5 Å². The van der Waals surface area contributed by atoms with Crippen LogP contribution in [0.1, 0.15) is 11.1 Å². The summed E-state index contributed by atoms with van der Waals surface area (Å²) in [6.07, 6.45) is 0.680. The van der Waals surface area contributed by atoms with Crippen molar-refractivity contribution in [3.63, 3.8) is 0 Å². The van der Waals surface area contributed by atoms with Crippen LogP contribution in [-0.4, -0.2) is 17.6 Å². The van der Waals surface area contributed by atoms with Gasteiger partial charge in [0.25, 0.3) is 0 Å². The summed E-state index contributed by atoms with van der Waals surface area (Å²) in [5.41, 5.74) is 2.61. The molecule has 1 aliphatic heterocycles. The number of benzene rings is 2. The number of ether oxygens (including phenoxy) is 1. The minimum Gasteiger partial charge on any atom is -0.508 e. The average molecular weight is 283 g/mol. The summed E-state index contributed by atoms with van der Waals surface area (Å²) in [4.78, 5) is 12.4. The summed E-state index contributed by atoms with van der Waals surface area (Å²) in [7, 11) is 0. The molecule has 1 unspecified atom stereocenters. The van der Waals surface area contributed by atoms with E-state index in [-0.39, 0.29) is 17.6 Å². The van der Waals surface area contributed by atoms with Crippen molar-refractivity contribution in [1.29, 1.82) is 0 Å². The van der Waals surface area contributed by atoms with Crippen molar-refractivity contribution in [2.75, 3.05) is 11.9 Å². The standard InChI is InChI=1S/C17H17NO3/c1-11-8-14(19)6-7-15(11)18-17(20)13-9-12-4-2-3-5-16(12)21-10-13/h2-8,13,19H,9-10H2,1H3,(H,18,20). The van der Waals surface area contributed by atoms with Gasteiger partial charge in [0.2, 0.25) is 5.91 Å². The first-order valence-electron chi connectivity index (χ1n) is 6.94. The highest BCUT2D eigenvalue weighted by Gasteiger charge is 2.26. The van der Waals surface area contributed by atoms with E-state index in [1.807, 2.05) is 31.2 Å². The Morgan fingerprint density at radius 3 is 2.90 bits per heavy atom. The Balaban J connectivity index is 1.72. The highest BCUT2D eigenvalue weighted by Crippen LogP contribution is 2.28. The van der Waals surface area contributed by atoms with Crippen LogP contribution in [0.4, 0.5) is 5.69 Å². The molecule has 0 radical (unpaired) electrons. The Kier molecular flexibility index (Phi) is 3.52. The van der Waals surface area contributed by atoms with E-state index >= 15 is 0 Å². The van der Waals surface area contributed by atoms with E-state index in [4.69, 9.17) is 4.74 Å². The fourth-order valence-corrected chi connectivity index (χ4v) is 2.52. The molecule has 0 aromatic heterocycles. The fourth-order valence-electron chi connectivity index (χ4n) is 2.52. The second kappa shape index (κ2) is 5.48. The maximum absolute atomic E-state index is 12.4. The molecular formula is C17H17NO3. The molecule has 21 heavy (non-hydrogen) atoms. The number of anilines is 1. The van der Waals surface area contributed by atoms with E-state index in [0.717, 1.165) is 22.6 Å². The van der Waals surface area contributed by atoms with Gasteiger partial charge in [-0.1, -0.05) is 18.2 Å². The third-order valence-electron chi connectivity index (χ3n) is 3.72. The number of fused-ring (bicyclic) bond motifs is 1. The second-order valence-electron chi connectivity index (χ2n) is 5.31. The molecule has 0 saturated carbocycles. The number of phenols is 1. The van der Waals surface area contributed by atoms with Crippen LogP contribution in [0.3, 0.4) is 0 Å². The normalized spacial score (nSPS) is 16.7. The zero-order valence-corrected chi connectivity index (χ0v) is 11.8. The lowest BCUT2D eigenvalue weighted by molar-refractivity contribution is -0.121. The van der Waals surface area contributed by atoms with E-state index in [1.54, 1.807) is 18.2 Å². The van der Waals surface area contributed by atoms with Gasteiger partial charge in [-0.05, 0) is 48.7 Å². The summed E-state index contributed by atoms with van der Waals surface area (Å²) in [5.74, 6) is 0.800. The Bertz CT molecular complexity index is 681. The molecule has 2 aromatic rings. The van der Waals surface area contributed by atoms with Gasteiger partial charge in [0, 0.05) is 5.69 Å². The lowest BCUT2D eigenvalue weighted by Gasteiger charge is -2.24. The Morgan fingerprint density at radius 1 is 1.29 bits per heavy atom. The number of amides is 1. The predicted octanol–water partition coefficient (Wildman–Crippen LogP) is 2.89. The largest absolute Gasteiger partial charge is 0.508 e. The molecule has 1 heterocycles. The highest BCUT2D eigenvalue weighted by molar-refractivity contribution is 5.93. The summed E-state index contributed by atoms with van der Waals surface area (Å²) in [6, 6.07) is 12.7. The molecule has 108 valence electrons. The first-order chi connectivity index (χ1) is 10.1. The van der Waals surface area contributed by atoms with Crippen molar-refractivity contribution in [3.8, 4) is 11.5 Å². The van der Waals surface area contributed by atoms with Crippen molar-refractivity contribution in [2.24, 2.45) is 5.92 Å². The molecule has 2 N–H and O–H groups in total. The molecule has 0 bridgehead atoms. The molecule has 0 aliphatic carbocycles. The van der Waals surface area contributed by atoms with Crippen LogP contribution >= 0.6 is 0 Å². The maximum atomic E-state index is 12.4. The van der Waals surface area contributed by atoms with E-state index in [9.17, 15) is 9.90 Å². The molecule has 1 amide bonds. The third kappa shape index (κ3) is 2.84. The van der Waals surface area contributed by atoms with Gasteiger partial charge in [-0.25, -0.2) is 0 Å². The van der Waals surface area contributed by atoms with Gasteiger partial charge in [0.05, 0.1) is 5.92 Å². The van der Waals surface area contributed by atoms with Crippen molar-refractivity contribution >= 4 is 11.6 Å². The maximum Gasteiger partial charge on any atom is 0.231 e. The summed E-state index contributed by atoms with van der Waals surface area (Å²) in [5, 5.41) is 12.3. The number of hydrogen-bond acceptors (Lipinski definition) is 3. The Hall–Kier alpha value is -2.49. The van der Waals surface area contributed by atoms with Gasteiger partial charge in [-0.2, -0.15) is 0 Å². The number of aromatic hydroxyl groups is 1. The first kappa shape index (κ1) is 13.5. The Labute approximate surface area is 123 Å². The fraction of sp³-hybridized carbons (Fsp3) is 0.235. The molecule has 0 saturated heterocycles. The number of rotatable bonds is 2. The molecule has 1 atom stereocenters. The summed E-state index contributed by atoms with van der Waals surface area (Å²) in [6.45, 7) is 2.24. The third-order valence-corrected chi connectivity index (χ3v) is 3.72.